The zero-order valence-electron chi connectivity index (χ0n) is 17.2. The van der Waals surface area contributed by atoms with Gasteiger partial charge in [0.15, 0.2) is 0 Å². The SMILES string of the molecule is CCC(C)(C)[C@H]1CCc2c(sc(NC(=O)c3cccc([N+](=O)[O-])c3C)c2C#N)C1. The number of thiophene rings is 1. The van der Waals surface area contributed by atoms with Crippen molar-refractivity contribution in [2.75, 3.05) is 5.32 Å². The van der Waals surface area contributed by atoms with E-state index in [9.17, 15) is 20.2 Å². The van der Waals surface area contributed by atoms with E-state index in [-0.39, 0.29) is 16.7 Å². The van der Waals surface area contributed by atoms with E-state index in [2.05, 4.69) is 32.2 Å². The van der Waals surface area contributed by atoms with E-state index < -0.39 is 10.8 Å². The van der Waals surface area contributed by atoms with Crippen molar-refractivity contribution in [1.29, 1.82) is 5.26 Å². The van der Waals surface area contributed by atoms with Crippen molar-refractivity contribution in [3.8, 4) is 6.07 Å². The summed E-state index contributed by atoms with van der Waals surface area (Å²) in [6.07, 6.45) is 3.89. The summed E-state index contributed by atoms with van der Waals surface area (Å²) in [5, 5.41) is 24.3. The van der Waals surface area contributed by atoms with E-state index in [1.165, 1.54) is 28.3 Å². The number of carbonyl (C=O) groups is 1. The van der Waals surface area contributed by atoms with Crippen LogP contribution in [-0.2, 0) is 12.8 Å². The fourth-order valence-corrected chi connectivity index (χ4v) is 5.26. The van der Waals surface area contributed by atoms with Gasteiger partial charge in [0.25, 0.3) is 11.6 Å². The Hall–Kier alpha value is -2.72. The summed E-state index contributed by atoms with van der Waals surface area (Å²) in [7, 11) is 0. The summed E-state index contributed by atoms with van der Waals surface area (Å²) in [6.45, 7) is 8.34. The Kier molecular flexibility index (Phi) is 5.76. The van der Waals surface area contributed by atoms with Crippen molar-refractivity contribution in [3.05, 3.63) is 55.4 Å². The zero-order valence-corrected chi connectivity index (χ0v) is 18.0. The molecule has 0 saturated carbocycles. The largest absolute Gasteiger partial charge is 0.312 e. The summed E-state index contributed by atoms with van der Waals surface area (Å²) < 4.78 is 0. The number of nitrogens with zero attached hydrogens (tertiary/aromatic N) is 2. The lowest BCUT2D eigenvalue weighted by atomic mass is 9.69. The molecule has 1 aromatic heterocycles. The number of carbonyl (C=O) groups excluding carboxylic acids is 1. The Labute approximate surface area is 174 Å². The molecule has 2 aromatic rings. The first-order valence-electron chi connectivity index (χ1n) is 9.79. The number of rotatable bonds is 5. The normalized spacial score (nSPS) is 16.0. The number of nitriles is 1. The van der Waals surface area contributed by atoms with Crippen LogP contribution in [0.5, 0.6) is 0 Å². The van der Waals surface area contributed by atoms with Gasteiger partial charge in [-0.15, -0.1) is 11.3 Å². The number of nitrogens with one attached hydrogen (secondary N) is 1. The average Bonchev–Trinajstić information content (AvgIpc) is 3.03. The van der Waals surface area contributed by atoms with Crippen LogP contribution in [0.15, 0.2) is 18.2 Å². The van der Waals surface area contributed by atoms with Crippen LogP contribution in [-0.4, -0.2) is 10.8 Å². The number of nitro groups is 1. The first-order valence-corrected chi connectivity index (χ1v) is 10.6. The number of benzene rings is 1. The van der Waals surface area contributed by atoms with Crippen molar-refractivity contribution < 1.29 is 9.72 Å². The number of amides is 1. The molecule has 1 aliphatic rings. The summed E-state index contributed by atoms with van der Waals surface area (Å²) in [5.41, 5.74) is 2.30. The summed E-state index contributed by atoms with van der Waals surface area (Å²) >= 11 is 1.47. The lowest BCUT2D eigenvalue weighted by Crippen LogP contribution is -2.28. The van der Waals surface area contributed by atoms with E-state index in [1.807, 2.05) is 0 Å². The van der Waals surface area contributed by atoms with Gasteiger partial charge in [-0.05, 0) is 49.1 Å². The molecule has 1 heterocycles. The highest BCUT2D eigenvalue weighted by atomic mass is 32.1. The Morgan fingerprint density at radius 3 is 2.79 bits per heavy atom. The second-order valence-corrected chi connectivity index (χ2v) is 9.37. The molecule has 1 aliphatic carbocycles. The van der Waals surface area contributed by atoms with Gasteiger partial charge in [0, 0.05) is 22.1 Å². The van der Waals surface area contributed by atoms with Gasteiger partial charge in [-0.25, -0.2) is 0 Å². The van der Waals surface area contributed by atoms with Gasteiger partial charge in [-0.2, -0.15) is 5.26 Å². The number of hydrogen-bond acceptors (Lipinski definition) is 5. The molecule has 152 valence electrons. The Morgan fingerprint density at radius 2 is 2.17 bits per heavy atom. The van der Waals surface area contributed by atoms with Crippen LogP contribution in [0.4, 0.5) is 10.7 Å². The molecule has 1 N–H and O–H groups in total. The first-order chi connectivity index (χ1) is 13.7. The Bertz CT molecular complexity index is 1020. The summed E-state index contributed by atoms with van der Waals surface area (Å²) in [6, 6.07) is 6.71. The highest BCUT2D eigenvalue weighted by Crippen LogP contribution is 2.45. The molecule has 0 aliphatic heterocycles. The molecule has 0 bridgehead atoms. The van der Waals surface area contributed by atoms with Gasteiger partial charge in [0.2, 0.25) is 0 Å². The number of anilines is 1. The van der Waals surface area contributed by atoms with E-state index in [4.69, 9.17) is 0 Å². The third-order valence-electron chi connectivity index (χ3n) is 6.37. The van der Waals surface area contributed by atoms with Crippen LogP contribution < -0.4 is 5.32 Å². The molecule has 1 aromatic carbocycles. The van der Waals surface area contributed by atoms with Gasteiger partial charge < -0.3 is 5.32 Å². The first kappa shape index (κ1) is 21.0. The minimum atomic E-state index is -0.494. The number of nitro benzene ring substituents is 1. The second-order valence-electron chi connectivity index (χ2n) is 8.26. The van der Waals surface area contributed by atoms with Crippen LogP contribution in [0.1, 0.15) is 65.5 Å². The maximum Gasteiger partial charge on any atom is 0.273 e. The predicted octanol–water partition coefficient (Wildman–Crippen LogP) is 5.63. The van der Waals surface area contributed by atoms with Gasteiger partial charge in [0.1, 0.15) is 11.1 Å². The van der Waals surface area contributed by atoms with Gasteiger partial charge in [0.05, 0.1) is 10.5 Å². The number of hydrogen-bond donors (Lipinski definition) is 1. The molecule has 7 heteroatoms. The minimum absolute atomic E-state index is 0.0896. The fourth-order valence-electron chi connectivity index (χ4n) is 3.99. The predicted molar refractivity (Wildman–Crippen MR) is 114 cm³/mol. The van der Waals surface area contributed by atoms with Crippen molar-refractivity contribution in [3.63, 3.8) is 0 Å². The topological polar surface area (TPSA) is 96.0 Å². The monoisotopic (exact) mass is 411 g/mol. The maximum absolute atomic E-state index is 12.8. The fraction of sp³-hybridized carbons (Fsp3) is 0.455. The zero-order chi connectivity index (χ0) is 21.3. The van der Waals surface area contributed by atoms with E-state index in [0.717, 1.165) is 31.2 Å². The molecule has 0 spiro atoms. The molecule has 0 saturated heterocycles. The van der Waals surface area contributed by atoms with Crippen molar-refractivity contribution >= 4 is 27.9 Å². The molecular formula is C22H25N3O3S. The van der Waals surface area contributed by atoms with Crippen LogP contribution in [0, 0.1) is 39.7 Å². The third kappa shape index (κ3) is 3.90. The van der Waals surface area contributed by atoms with Gasteiger partial charge in [-0.1, -0.05) is 33.3 Å². The van der Waals surface area contributed by atoms with E-state index in [0.29, 0.717) is 22.0 Å². The summed E-state index contributed by atoms with van der Waals surface area (Å²) in [4.78, 5) is 24.7. The smallest absolute Gasteiger partial charge is 0.273 e. The molecule has 1 atom stereocenters. The molecule has 1 amide bonds. The van der Waals surface area contributed by atoms with Crippen LogP contribution in [0.25, 0.3) is 0 Å². The highest BCUT2D eigenvalue weighted by Gasteiger charge is 2.34. The average molecular weight is 412 g/mol. The van der Waals surface area contributed by atoms with Crippen molar-refractivity contribution in [2.24, 2.45) is 11.3 Å². The number of fused-ring (bicyclic) bond motifs is 1. The van der Waals surface area contributed by atoms with Gasteiger partial charge >= 0.3 is 0 Å². The third-order valence-corrected chi connectivity index (χ3v) is 7.54. The second kappa shape index (κ2) is 7.96. The maximum atomic E-state index is 12.8. The molecule has 0 radical (unpaired) electrons. The van der Waals surface area contributed by atoms with E-state index >= 15 is 0 Å². The Balaban J connectivity index is 1.90. The lowest BCUT2D eigenvalue weighted by molar-refractivity contribution is -0.385. The minimum Gasteiger partial charge on any atom is -0.312 e. The standard InChI is InChI=1S/C22H25N3O3S/c1-5-22(3,4)14-9-10-16-17(12-23)21(29-19(16)11-14)24-20(26)15-7-6-8-18(13(15)2)25(27)28/h6-8,14H,5,9-11H2,1-4H3,(H,24,26)/t14-/m0/s1. The molecule has 29 heavy (non-hydrogen) atoms. The van der Waals surface area contributed by atoms with Gasteiger partial charge in [-0.3, -0.25) is 14.9 Å². The lowest BCUT2D eigenvalue weighted by Gasteiger charge is -2.36. The summed E-state index contributed by atoms with van der Waals surface area (Å²) in [5.74, 6) is 0.125. The molecule has 0 unspecified atom stereocenters. The molecule has 6 nitrogen and oxygen atoms in total. The molecular weight excluding hydrogens is 386 g/mol. The van der Waals surface area contributed by atoms with Crippen LogP contribution in [0.3, 0.4) is 0 Å². The van der Waals surface area contributed by atoms with Crippen LogP contribution >= 0.6 is 11.3 Å². The van der Waals surface area contributed by atoms with Crippen molar-refractivity contribution in [1.82, 2.24) is 0 Å². The Morgan fingerprint density at radius 1 is 1.45 bits per heavy atom. The molecule has 3 rings (SSSR count). The molecule has 0 fully saturated rings. The van der Waals surface area contributed by atoms with Crippen molar-refractivity contribution in [2.45, 2.75) is 53.4 Å². The highest BCUT2D eigenvalue weighted by molar-refractivity contribution is 7.16. The quantitative estimate of drug-likeness (QED) is 0.509. The van der Waals surface area contributed by atoms with E-state index in [1.54, 1.807) is 13.0 Å². The van der Waals surface area contributed by atoms with Crippen LogP contribution in [0.2, 0.25) is 0 Å².